The van der Waals surface area contributed by atoms with E-state index >= 15 is 0 Å². The standard InChI is InChI=1S/C8H15F2NS/c9-8(10)3-1-4-11(7-8)5-2-6-12/h12H,1-7H2. The normalized spacial score (nSPS) is 24.2. The molecular formula is C8H15F2NS. The summed E-state index contributed by atoms with van der Waals surface area (Å²) in [6.45, 7) is 1.53. The number of halogens is 2. The lowest BCUT2D eigenvalue weighted by atomic mass is 10.1. The van der Waals surface area contributed by atoms with Gasteiger partial charge < -0.3 is 0 Å². The van der Waals surface area contributed by atoms with Gasteiger partial charge in [0.15, 0.2) is 0 Å². The van der Waals surface area contributed by atoms with Crippen molar-refractivity contribution in [1.29, 1.82) is 0 Å². The summed E-state index contributed by atoms with van der Waals surface area (Å²) in [7, 11) is 0. The van der Waals surface area contributed by atoms with Gasteiger partial charge in [0.2, 0.25) is 0 Å². The van der Waals surface area contributed by atoms with E-state index < -0.39 is 5.92 Å². The zero-order valence-electron chi connectivity index (χ0n) is 7.10. The van der Waals surface area contributed by atoms with Crippen LogP contribution in [0.1, 0.15) is 19.3 Å². The zero-order valence-corrected chi connectivity index (χ0v) is 7.99. The van der Waals surface area contributed by atoms with Crippen LogP contribution in [0, 0.1) is 0 Å². The van der Waals surface area contributed by atoms with Crippen LogP contribution in [-0.2, 0) is 0 Å². The van der Waals surface area contributed by atoms with Crippen molar-refractivity contribution >= 4 is 12.6 Å². The average molecular weight is 195 g/mol. The Balaban J connectivity index is 2.26. The minimum absolute atomic E-state index is 0.0548. The SMILES string of the molecule is FC1(F)CCCN(CCCS)C1. The van der Waals surface area contributed by atoms with E-state index in [-0.39, 0.29) is 13.0 Å². The third kappa shape index (κ3) is 3.27. The van der Waals surface area contributed by atoms with Crippen molar-refractivity contribution in [3.05, 3.63) is 0 Å². The van der Waals surface area contributed by atoms with Crippen molar-refractivity contribution in [3.63, 3.8) is 0 Å². The van der Waals surface area contributed by atoms with Gasteiger partial charge in [0.1, 0.15) is 0 Å². The van der Waals surface area contributed by atoms with Crippen molar-refractivity contribution < 1.29 is 8.78 Å². The lowest BCUT2D eigenvalue weighted by Gasteiger charge is -2.32. The van der Waals surface area contributed by atoms with Gasteiger partial charge >= 0.3 is 0 Å². The predicted octanol–water partition coefficient (Wildman–Crippen LogP) is 2.04. The maximum absolute atomic E-state index is 12.8. The molecule has 0 N–H and O–H groups in total. The minimum atomic E-state index is -2.45. The second-order valence-corrected chi connectivity index (χ2v) is 3.76. The van der Waals surface area contributed by atoms with Crippen LogP contribution in [0.2, 0.25) is 0 Å². The van der Waals surface area contributed by atoms with E-state index in [0.717, 1.165) is 25.3 Å². The molecule has 1 fully saturated rings. The van der Waals surface area contributed by atoms with Crippen molar-refractivity contribution in [2.75, 3.05) is 25.4 Å². The van der Waals surface area contributed by atoms with Crippen LogP contribution in [0.25, 0.3) is 0 Å². The Morgan fingerprint density at radius 3 is 2.75 bits per heavy atom. The molecule has 0 aliphatic carbocycles. The zero-order chi connectivity index (χ0) is 9.03. The van der Waals surface area contributed by atoms with E-state index in [1.54, 1.807) is 0 Å². The predicted molar refractivity (Wildman–Crippen MR) is 49.1 cm³/mol. The average Bonchev–Trinajstić information content (AvgIpc) is 1.99. The first-order valence-electron chi connectivity index (χ1n) is 4.35. The highest BCUT2D eigenvalue weighted by molar-refractivity contribution is 7.80. The summed E-state index contributed by atoms with van der Waals surface area (Å²) in [5.41, 5.74) is 0. The number of nitrogens with zero attached hydrogens (tertiary/aromatic N) is 1. The first kappa shape index (κ1) is 10.3. The van der Waals surface area contributed by atoms with E-state index in [4.69, 9.17) is 0 Å². The molecule has 1 rings (SSSR count). The summed E-state index contributed by atoms with van der Waals surface area (Å²) >= 11 is 4.05. The fourth-order valence-electron chi connectivity index (χ4n) is 1.53. The molecule has 0 aromatic rings. The van der Waals surface area contributed by atoms with Gasteiger partial charge in [-0.3, -0.25) is 4.90 Å². The summed E-state index contributed by atoms with van der Waals surface area (Å²) in [6.07, 6.45) is 1.59. The molecule has 4 heteroatoms. The van der Waals surface area contributed by atoms with Gasteiger partial charge in [0.05, 0.1) is 6.54 Å². The Hall–Kier alpha value is 0.170. The molecule has 0 aromatic carbocycles. The number of rotatable bonds is 3. The van der Waals surface area contributed by atoms with E-state index in [1.807, 2.05) is 4.90 Å². The van der Waals surface area contributed by atoms with Crippen LogP contribution in [0.15, 0.2) is 0 Å². The molecule has 1 aliphatic rings. The van der Waals surface area contributed by atoms with Crippen LogP contribution < -0.4 is 0 Å². The van der Waals surface area contributed by atoms with Gasteiger partial charge in [-0.15, -0.1) is 0 Å². The fourth-order valence-corrected chi connectivity index (χ4v) is 1.67. The molecule has 0 aromatic heterocycles. The molecule has 72 valence electrons. The van der Waals surface area contributed by atoms with Crippen molar-refractivity contribution in [3.8, 4) is 0 Å². The molecule has 0 saturated carbocycles. The molecule has 1 saturated heterocycles. The molecular weight excluding hydrogens is 180 g/mol. The molecule has 0 spiro atoms. The topological polar surface area (TPSA) is 3.24 Å². The first-order chi connectivity index (χ1) is 5.64. The van der Waals surface area contributed by atoms with E-state index in [1.165, 1.54) is 0 Å². The summed E-state index contributed by atoms with van der Waals surface area (Å²) in [5.74, 6) is -1.67. The third-order valence-corrected chi connectivity index (χ3v) is 2.42. The van der Waals surface area contributed by atoms with Gasteiger partial charge in [-0.1, -0.05) is 0 Å². The Labute approximate surface area is 77.5 Å². The smallest absolute Gasteiger partial charge is 0.260 e. The van der Waals surface area contributed by atoms with Gasteiger partial charge in [-0.2, -0.15) is 12.6 Å². The lowest BCUT2D eigenvalue weighted by molar-refractivity contribution is -0.0636. The summed E-state index contributed by atoms with van der Waals surface area (Å²) in [4.78, 5) is 1.83. The van der Waals surface area contributed by atoms with Crippen LogP contribution in [0.5, 0.6) is 0 Å². The van der Waals surface area contributed by atoms with Crippen LogP contribution in [0.4, 0.5) is 8.78 Å². The van der Waals surface area contributed by atoms with Gasteiger partial charge in [0, 0.05) is 6.42 Å². The molecule has 1 nitrogen and oxygen atoms in total. The number of hydrogen-bond donors (Lipinski definition) is 1. The van der Waals surface area contributed by atoms with E-state index in [0.29, 0.717) is 6.42 Å². The molecule has 0 unspecified atom stereocenters. The maximum atomic E-state index is 12.8. The molecule has 12 heavy (non-hydrogen) atoms. The van der Waals surface area contributed by atoms with E-state index in [9.17, 15) is 8.78 Å². The van der Waals surface area contributed by atoms with Gasteiger partial charge in [-0.25, -0.2) is 8.78 Å². The van der Waals surface area contributed by atoms with E-state index in [2.05, 4.69) is 12.6 Å². The Morgan fingerprint density at radius 1 is 1.42 bits per heavy atom. The second kappa shape index (κ2) is 4.42. The molecule has 0 radical (unpaired) electrons. The molecule has 1 aliphatic heterocycles. The largest absolute Gasteiger partial charge is 0.297 e. The Morgan fingerprint density at radius 2 is 2.17 bits per heavy atom. The molecule has 0 amide bonds. The number of alkyl halides is 2. The summed E-state index contributed by atoms with van der Waals surface area (Å²) in [6, 6.07) is 0. The minimum Gasteiger partial charge on any atom is -0.297 e. The summed E-state index contributed by atoms with van der Waals surface area (Å²) < 4.78 is 25.6. The first-order valence-corrected chi connectivity index (χ1v) is 4.98. The number of thiol groups is 1. The molecule has 0 atom stereocenters. The highest BCUT2D eigenvalue weighted by Crippen LogP contribution is 2.26. The van der Waals surface area contributed by atoms with Crippen molar-refractivity contribution in [2.24, 2.45) is 0 Å². The number of likely N-dealkylation sites (tertiary alicyclic amines) is 1. The highest BCUT2D eigenvalue weighted by Gasteiger charge is 2.34. The number of hydrogen-bond acceptors (Lipinski definition) is 2. The Bertz CT molecular complexity index is 141. The monoisotopic (exact) mass is 195 g/mol. The quantitative estimate of drug-likeness (QED) is 0.674. The van der Waals surface area contributed by atoms with Crippen molar-refractivity contribution in [1.82, 2.24) is 4.90 Å². The fraction of sp³-hybridized carbons (Fsp3) is 1.00. The lowest BCUT2D eigenvalue weighted by Crippen LogP contribution is -2.42. The van der Waals surface area contributed by atoms with Gasteiger partial charge in [-0.05, 0) is 31.7 Å². The highest BCUT2D eigenvalue weighted by atomic mass is 32.1. The second-order valence-electron chi connectivity index (χ2n) is 3.31. The molecule has 0 bridgehead atoms. The molecule has 1 heterocycles. The maximum Gasteiger partial charge on any atom is 0.260 e. The summed E-state index contributed by atoms with van der Waals surface area (Å²) in [5, 5.41) is 0. The van der Waals surface area contributed by atoms with Crippen molar-refractivity contribution in [2.45, 2.75) is 25.2 Å². The third-order valence-electron chi connectivity index (χ3n) is 2.10. The number of piperidine rings is 1. The Kier molecular flexibility index (Phi) is 3.77. The van der Waals surface area contributed by atoms with Crippen LogP contribution in [0.3, 0.4) is 0 Å². The van der Waals surface area contributed by atoms with Crippen LogP contribution >= 0.6 is 12.6 Å². The van der Waals surface area contributed by atoms with Gasteiger partial charge in [0.25, 0.3) is 5.92 Å². The van der Waals surface area contributed by atoms with Crippen LogP contribution in [-0.4, -0.2) is 36.2 Å².